The molecule has 0 aliphatic heterocycles. The van der Waals surface area contributed by atoms with Crippen molar-refractivity contribution in [3.63, 3.8) is 0 Å². The minimum atomic E-state index is -0.710. The van der Waals surface area contributed by atoms with Crippen molar-refractivity contribution < 1.29 is 19.8 Å². The maximum absolute atomic E-state index is 13.8. The van der Waals surface area contributed by atoms with Gasteiger partial charge in [-0.2, -0.15) is 0 Å². The number of carbonyl (C=O) groups is 2. The summed E-state index contributed by atoms with van der Waals surface area (Å²) in [5, 5.41) is 27.7. The van der Waals surface area contributed by atoms with Crippen molar-refractivity contribution in [1.29, 1.82) is 0 Å². The van der Waals surface area contributed by atoms with Gasteiger partial charge in [-0.15, -0.1) is 0 Å². The highest BCUT2D eigenvalue weighted by Crippen LogP contribution is 2.36. The minimum absolute atomic E-state index is 0.0433. The van der Waals surface area contributed by atoms with E-state index in [1.165, 1.54) is 26.3 Å². The van der Waals surface area contributed by atoms with Crippen molar-refractivity contribution in [2.45, 2.75) is 67.5 Å². The zero-order valence-electron chi connectivity index (χ0n) is 28.9. The zero-order chi connectivity index (χ0) is 35.1. The molecule has 0 spiro atoms. The number of ketones is 2. The maximum atomic E-state index is 13.8. The maximum Gasteiger partial charge on any atom is 0.160 e. The Kier molecular flexibility index (Phi) is 11.5. The average molecular weight is 639 g/mol. The Labute approximate surface area is 283 Å². The van der Waals surface area contributed by atoms with Gasteiger partial charge < -0.3 is 10.2 Å². The molecule has 0 saturated carbocycles. The Morgan fingerprint density at radius 3 is 1.10 bits per heavy atom. The van der Waals surface area contributed by atoms with E-state index in [-0.39, 0.29) is 11.1 Å². The molecule has 4 aromatic rings. The summed E-state index contributed by atoms with van der Waals surface area (Å²) in [6.07, 6.45) is 2.71. The molecule has 0 aliphatic rings. The molecule has 0 aliphatic carbocycles. The highest BCUT2D eigenvalue weighted by atomic mass is 16.3. The Bertz CT molecular complexity index is 1760. The molecule has 0 heterocycles. The predicted octanol–water partition coefficient (Wildman–Crippen LogP) is 7.18. The van der Waals surface area contributed by atoms with Gasteiger partial charge in [0.1, 0.15) is 12.1 Å². The summed E-state index contributed by atoms with van der Waals surface area (Å²) in [4.78, 5) is 35.7. The summed E-state index contributed by atoms with van der Waals surface area (Å²) in [5.74, 6) is -1.60. The first-order chi connectivity index (χ1) is 22.8. The first-order valence-corrected chi connectivity index (χ1v) is 16.0. The van der Waals surface area contributed by atoms with Gasteiger partial charge in [0, 0.05) is 23.6 Å². The monoisotopic (exact) mass is 638 g/mol. The fourth-order valence-electron chi connectivity index (χ4n) is 6.27. The molecule has 0 N–H and O–H groups in total. The number of aryl methyl sites for hydroxylation is 6. The van der Waals surface area contributed by atoms with Gasteiger partial charge >= 0.3 is 0 Å². The Balaban J connectivity index is 1.93. The van der Waals surface area contributed by atoms with E-state index >= 15 is 0 Å². The highest BCUT2D eigenvalue weighted by molar-refractivity contribution is 6.18. The summed E-state index contributed by atoms with van der Waals surface area (Å²) >= 11 is 0. The van der Waals surface area contributed by atoms with Crippen molar-refractivity contribution in [3.05, 3.63) is 152 Å². The number of carbonyl (C=O) groups excluding carboxylic acids is 2. The summed E-state index contributed by atoms with van der Waals surface area (Å²) in [7, 11) is 0. The van der Waals surface area contributed by atoms with Crippen LogP contribution in [0.1, 0.15) is 81.6 Å². The number of Topliss-reactive ketones (excluding diaryl/α,β-unsaturated/α-hetero) is 2. The number of aliphatic imine (C=N–C) groups is 2. The van der Waals surface area contributed by atoms with Crippen LogP contribution in [-0.2, 0) is 9.59 Å². The molecule has 0 fully saturated rings. The topological polar surface area (TPSA) is 105 Å². The lowest BCUT2D eigenvalue weighted by Gasteiger charge is -2.24. The number of allylic oxidation sites excluding steroid dienone is 2. The van der Waals surface area contributed by atoms with Crippen molar-refractivity contribution in [2.24, 2.45) is 9.98 Å². The van der Waals surface area contributed by atoms with Gasteiger partial charge in [0.2, 0.25) is 0 Å². The van der Waals surface area contributed by atoms with Gasteiger partial charge in [-0.25, -0.2) is 0 Å². The average Bonchev–Trinajstić information content (AvgIpc) is 3.01. The summed E-state index contributed by atoms with van der Waals surface area (Å²) in [6.45, 7) is 14.1. The lowest BCUT2D eigenvalue weighted by Crippen LogP contribution is -2.17. The first-order valence-electron chi connectivity index (χ1n) is 16.0. The van der Waals surface area contributed by atoms with Gasteiger partial charge in [0.15, 0.2) is 11.6 Å². The molecular weight excluding hydrogens is 596 g/mol. The third-order valence-corrected chi connectivity index (χ3v) is 8.37. The van der Waals surface area contributed by atoms with E-state index in [1.54, 1.807) is 0 Å². The number of nitrogens with zero attached hydrogens (tertiary/aromatic N) is 2. The largest absolute Gasteiger partial charge is 0.872 e. The highest BCUT2D eigenvalue weighted by Gasteiger charge is 2.24. The van der Waals surface area contributed by atoms with Crippen molar-refractivity contribution in [3.8, 4) is 0 Å². The summed E-state index contributed by atoms with van der Waals surface area (Å²) in [6, 6.07) is 25.2. The molecule has 48 heavy (non-hydrogen) atoms. The quantitative estimate of drug-likeness (QED) is 0.0986. The molecule has 0 aromatic heterocycles. The van der Waals surface area contributed by atoms with E-state index in [1.807, 2.05) is 126 Å². The fourth-order valence-corrected chi connectivity index (χ4v) is 6.27. The Hall–Kier alpha value is -5.36. The lowest BCUT2D eigenvalue weighted by molar-refractivity contribution is -0.245. The van der Waals surface area contributed by atoms with Crippen LogP contribution in [0.25, 0.3) is 11.5 Å². The van der Waals surface area contributed by atoms with Gasteiger partial charge in [-0.05, 0) is 99.9 Å². The van der Waals surface area contributed by atoms with Crippen LogP contribution in [0, 0.1) is 41.5 Å². The van der Waals surface area contributed by atoms with Crippen LogP contribution in [0.15, 0.2) is 106 Å². The van der Waals surface area contributed by atoms with Gasteiger partial charge in [0.25, 0.3) is 0 Å². The number of benzene rings is 4. The van der Waals surface area contributed by atoms with Gasteiger partial charge in [-0.3, -0.25) is 19.6 Å². The minimum Gasteiger partial charge on any atom is -0.872 e. The molecule has 0 saturated heterocycles. The van der Waals surface area contributed by atoms with Gasteiger partial charge in [-0.1, -0.05) is 108 Å². The van der Waals surface area contributed by atoms with Crippen LogP contribution in [-0.4, -0.2) is 24.0 Å². The van der Waals surface area contributed by atoms with E-state index in [0.29, 0.717) is 11.1 Å². The van der Waals surface area contributed by atoms with Crippen LogP contribution < -0.4 is 10.2 Å². The van der Waals surface area contributed by atoms with Crippen LogP contribution >= 0.6 is 0 Å². The van der Waals surface area contributed by atoms with E-state index in [4.69, 9.17) is 9.98 Å². The van der Waals surface area contributed by atoms with Crippen LogP contribution in [0.2, 0.25) is 0 Å². The second-order valence-corrected chi connectivity index (χ2v) is 12.4. The van der Waals surface area contributed by atoms with Crippen molar-refractivity contribution >= 4 is 35.5 Å². The molecule has 6 nitrogen and oxygen atoms in total. The lowest BCUT2D eigenvalue weighted by atomic mass is 9.93. The third kappa shape index (κ3) is 8.13. The Morgan fingerprint density at radius 1 is 0.542 bits per heavy atom. The molecule has 0 amide bonds. The molecule has 2 atom stereocenters. The second-order valence-electron chi connectivity index (χ2n) is 12.4. The molecular formula is C42H42N2O4-2. The number of rotatable bonds is 11. The summed E-state index contributed by atoms with van der Waals surface area (Å²) < 4.78 is 0. The molecule has 0 bridgehead atoms. The summed E-state index contributed by atoms with van der Waals surface area (Å²) in [5.41, 5.74) is 7.62. The predicted molar refractivity (Wildman–Crippen MR) is 192 cm³/mol. The van der Waals surface area contributed by atoms with E-state index < -0.39 is 35.2 Å². The third-order valence-electron chi connectivity index (χ3n) is 8.37. The van der Waals surface area contributed by atoms with Gasteiger partial charge in [0.05, 0.1) is 0 Å². The van der Waals surface area contributed by atoms with Crippen LogP contribution in [0.5, 0.6) is 0 Å². The number of hydrogen-bond donors (Lipinski definition) is 0. The molecule has 0 unspecified atom stereocenters. The normalized spacial score (nSPS) is 14.1. The molecule has 246 valence electrons. The molecule has 4 rings (SSSR count). The SMILES string of the molecule is CC(=O)C(C=N[C@@H](c1ccccc1)[C@@H](N=CC(C(C)=O)=C([O-])c1c(C)cc(C)cc1C)c1ccccc1)=C([O-])c1c(C)cc(C)cc1C. The molecule has 4 aromatic carbocycles. The molecule has 6 heteroatoms. The van der Waals surface area contributed by atoms with Crippen LogP contribution in [0.3, 0.4) is 0 Å². The fraction of sp³-hybridized carbons (Fsp3) is 0.238. The van der Waals surface area contributed by atoms with E-state index in [9.17, 15) is 19.8 Å². The van der Waals surface area contributed by atoms with Crippen molar-refractivity contribution in [1.82, 2.24) is 0 Å². The van der Waals surface area contributed by atoms with E-state index in [2.05, 4.69) is 0 Å². The van der Waals surface area contributed by atoms with Crippen LogP contribution in [0.4, 0.5) is 0 Å². The number of hydrogen-bond acceptors (Lipinski definition) is 6. The smallest absolute Gasteiger partial charge is 0.160 e. The Morgan fingerprint density at radius 2 is 0.833 bits per heavy atom. The first kappa shape index (κ1) is 35.5. The zero-order valence-corrected chi connectivity index (χ0v) is 28.9. The molecule has 0 radical (unpaired) electrons. The van der Waals surface area contributed by atoms with E-state index in [0.717, 1.165) is 44.5 Å². The standard InChI is InChI=1S/C42H44N2O4/c1-25-19-27(3)37(28(4)20-25)41(47)35(31(7)45)23-43-39(33-15-11-9-12-16-33)40(34-17-13-10-14-18-34)44-24-36(32(8)46)42(48)38-29(5)21-26(2)22-30(38)6/h9-24,39-40,47-48H,1-8H3/p-2/t39-,40-/m0/s1. The van der Waals surface area contributed by atoms with Crippen molar-refractivity contribution in [2.75, 3.05) is 0 Å². The second kappa shape index (κ2) is 15.5.